The van der Waals surface area contributed by atoms with Crippen molar-refractivity contribution >= 4 is 5.97 Å². The van der Waals surface area contributed by atoms with E-state index in [2.05, 4.69) is 6.07 Å². The van der Waals surface area contributed by atoms with E-state index in [0.29, 0.717) is 28.4 Å². The van der Waals surface area contributed by atoms with Gasteiger partial charge in [-0.15, -0.1) is 0 Å². The van der Waals surface area contributed by atoms with Gasteiger partial charge in [0.1, 0.15) is 28.9 Å². The fraction of sp³-hybridized carbons (Fsp3) is 0.0833. The number of carbonyl (C=O) groups is 1. The van der Waals surface area contributed by atoms with Crippen LogP contribution in [0.5, 0.6) is 17.2 Å². The zero-order chi connectivity index (χ0) is 21.1. The van der Waals surface area contributed by atoms with Gasteiger partial charge >= 0.3 is 5.97 Å². The predicted molar refractivity (Wildman–Crippen MR) is 110 cm³/mol. The molecule has 3 aromatic rings. The topological polar surface area (TPSA) is 94.6 Å². The average Bonchev–Trinajstić information content (AvgIpc) is 2.78. The largest absolute Gasteiger partial charge is 0.497 e. The molecule has 1 unspecified atom stereocenters. The van der Waals surface area contributed by atoms with Crippen LogP contribution in [0.2, 0.25) is 0 Å². The molecule has 0 aromatic heterocycles. The highest BCUT2D eigenvalue weighted by molar-refractivity contribution is 5.91. The summed E-state index contributed by atoms with van der Waals surface area (Å²) < 4.78 is 16.4. The van der Waals surface area contributed by atoms with Crippen LogP contribution in [-0.2, 0) is 0 Å². The van der Waals surface area contributed by atoms with E-state index in [9.17, 15) is 10.1 Å². The van der Waals surface area contributed by atoms with Crippen molar-refractivity contribution in [3.05, 3.63) is 101 Å². The van der Waals surface area contributed by atoms with Crippen LogP contribution in [-0.4, -0.2) is 13.1 Å². The number of esters is 1. The summed E-state index contributed by atoms with van der Waals surface area (Å²) in [6.07, 6.45) is 0. The molecule has 1 heterocycles. The number of rotatable bonds is 4. The summed E-state index contributed by atoms with van der Waals surface area (Å²) in [6.45, 7) is 0. The van der Waals surface area contributed by atoms with E-state index in [0.717, 1.165) is 11.1 Å². The Morgan fingerprint density at radius 3 is 2.40 bits per heavy atom. The first-order chi connectivity index (χ1) is 14.6. The van der Waals surface area contributed by atoms with Crippen molar-refractivity contribution in [2.75, 3.05) is 7.11 Å². The summed E-state index contributed by atoms with van der Waals surface area (Å²) in [4.78, 5) is 12.3. The Balaban J connectivity index is 1.69. The van der Waals surface area contributed by atoms with Gasteiger partial charge in [0.15, 0.2) is 0 Å². The molecule has 1 aliphatic rings. The fourth-order valence-electron chi connectivity index (χ4n) is 3.38. The maximum atomic E-state index is 12.3. The molecule has 6 heteroatoms. The molecule has 0 amide bonds. The standard InChI is InChI=1S/C24H18N2O4/c1-28-17-9-7-15(8-10-17)22-19-12-11-18(13-21(19)30-23(26)20(22)14-25)29-24(27)16-5-3-2-4-6-16/h2-13,22H,26H2,1H3. The number of hydrogen-bond donors (Lipinski definition) is 1. The van der Waals surface area contributed by atoms with Crippen LogP contribution in [0.15, 0.2) is 84.3 Å². The number of fused-ring (bicyclic) bond motifs is 1. The monoisotopic (exact) mass is 398 g/mol. The number of methoxy groups -OCH3 is 1. The molecule has 0 spiro atoms. The van der Waals surface area contributed by atoms with E-state index in [1.807, 2.05) is 30.3 Å². The summed E-state index contributed by atoms with van der Waals surface area (Å²) in [5.41, 5.74) is 8.42. The van der Waals surface area contributed by atoms with Gasteiger partial charge in [0.2, 0.25) is 5.88 Å². The molecule has 2 N–H and O–H groups in total. The fourth-order valence-corrected chi connectivity index (χ4v) is 3.38. The number of hydrogen-bond acceptors (Lipinski definition) is 6. The van der Waals surface area contributed by atoms with E-state index in [4.69, 9.17) is 19.9 Å². The Morgan fingerprint density at radius 2 is 1.73 bits per heavy atom. The predicted octanol–water partition coefficient (Wildman–Crippen LogP) is 4.13. The van der Waals surface area contributed by atoms with Gasteiger partial charge in [0, 0.05) is 11.6 Å². The molecular formula is C24H18N2O4. The van der Waals surface area contributed by atoms with Gasteiger partial charge in [-0.3, -0.25) is 0 Å². The number of benzene rings is 3. The molecule has 0 aliphatic carbocycles. The van der Waals surface area contributed by atoms with Crippen LogP contribution < -0.4 is 19.9 Å². The van der Waals surface area contributed by atoms with Gasteiger partial charge in [-0.25, -0.2) is 4.79 Å². The number of nitrogens with two attached hydrogens (primary N) is 1. The number of allylic oxidation sites excluding steroid dienone is 1. The molecule has 6 nitrogen and oxygen atoms in total. The molecule has 0 saturated carbocycles. The minimum atomic E-state index is -0.473. The summed E-state index contributed by atoms with van der Waals surface area (Å²) in [5.74, 6) is 0.625. The second-order valence-corrected chi connectivity index (χ2v) is 6.65. The Bertz CT molecular complexity index is 1160. The lowest BCUT2D eigenvalue weighted by Crippen LogP contribution is -2.21. The first-order valence-corrected chi connectivity index (χ1v) is 9.23. The van der Waals surface area contributed by atoms with E-state index in [1.54, 1.807) is 49.6 Å². The van der Waals surface area contributed by atoms with Crippen molar-refractivity contribution in [3.8, 4) is 23.3 Å². The smallest absolute Gasteiger partial charge is 0.343 e. The second-order valence-electron chi connectivity index (χ2n) is 6.65. The van der Waals surface area contributed by atoms with Crippen LogP contribution in [0, 0.1) is 11.3 Å². The number of ether oxygens (including phenoxy) is 3. The third-order valence-electron chi connectivity index (χ3n) is 4.86. The van der Waals surface area contributed by atoms with Gasteiger partial charge in [-0.1, -0.05) is 36.4 Å². The van der Waals surface area contributed by atoms with Crippen LogP contribution in [0.1, 0.15) is 27.4 Å². The zero-order valence-electron chi connectivity index (χ0n) is 16.2. The Kier molecular flexibility index (Phi) is 5.10. The van der Waals surface area contributed by atoms with Crippen molar-refractivity contribution < 1.29 is 19.0 Å². The number of nitrogens with zero attached hydrogens (tertiary/aromatic N) is 1. The molecular weight excluding hydrogens is 380 g/mol. The third-order valence-corrected chi connectivity index (χ3v) is 4.86. The van der Waals surface area contributed by atoms with Crippen LogP contribution in [0.4, 0.5) is 0 Å². The minimum Gasteiger partial charge on any atom is -0.497 e. The summed E-state index contributed by atoms with van der Waals surface area (Å²) in [6, 6.07) is 23.3. The summed E-state index contributed by atoms with van der Waals surface area (Å²) in [5, 5.41) is 9.66. The molecule has 0 saturated heterocycles. The van der Waals surface area contributed by atoms with Gasteiger partial charge in [-0.05, 0) is 35.9 Å². The minimum absolute atomic E-state index is 0.0253. The molecule has 1 atom stereocenters. The van der Waals surface area contributed by atoms with Gasteiger partial charge in [0.25, 0.3) is 0 Å². The molecule has 1 aliphatic heterocycles. The van der Waals surface area contributed by atoms with Crippen molar-refractivity contribution in [1.29, 1.82) is 5.26 Å². The highest BCUT2D eigenvalue weighted by Gasteiger charge is 2.31. The van der Waals surface area contributed by atoms with Gasteiger partial charge in [0.05, 0.1) is 18.6 Å². The van der Waals surface area contributed by atoms with Crippen LogP contribution in [0.25, 0.3) is 0 Å². The Hall–Kier alpha value is -4.24. The van der Waals surface area contributed by atoms with E-state index < -0.39 is 11.9 Å². The van der Waals surface area contributed by atoms with Crippen molar-refractivity contribution in [2.24, 2.45) is 5.73 Å². The number of nitriles is 1. The van der Waals surface area contributed by atoms with Crippen LogP contribution in [0.3, 0.4) is 0 Å². The third kappa shape index (κ3) is 3.56. The van der Waals surface area contributed by atoms with Crippen LogP contribution >= 0.6 is 0 Å². The van der Waals surface area contributed by atoms with E-state index in [1.165, 1.54) is 0 Å². The highest BCUT2D eigenvalue weighted by atomic mass is 16.5. The first kappa shape index (κ1) is 19.1. The van der Waals surface area contributed by atoms with Gasteiger partial charge in [-0.2, -0.15) is 5.26 Å². The molecule has 0 radical (unpaired) electrons. The molecule has 30 heavy (non-hydrogen) atoms. The Labute approximate surface area is 173 Å². The molecule has 0 bridgehead atoms. The molecule has 4 rings (SSSR count). The van der Waals surface area contributed by atoms with Crippen molar-refractivity contribution in [2.45, 2.75) is 5.92 Å². The first-order valence-electron chi connectivity index (χ1n) is 9.23. The molecule has 148 valence electrons. The van der Waals surface area contributed by atoms with Crippen molar-refractivity contribution in [3.63, 3.8) is 0 Å². The lowest BCUT2D eigenvalue weighted by atomic mass is 9.83. The van der Waals surface area contributed by atoms with E-state index >= 15 is 0 Å². The van der Waals surface area contributed by atoms with Crippen molar-refractivity contribution in [1.82, 2.24) is 0 Å². The maximum absolute atomic E-state index is 12.3. The van der Waals surface area contributed by atoms with E-state index in [-0.39, 0.29) is 5.88 Å². The lowest BCUT2D eigenvalue weighted by Gasteiger charge is -2.26. The normalized spacial score (nSPS) is 14.9. The average molecular weight is 398 g/mol. The zero-order valence-corrected chi connectivity index (χ0v) is 16.2. The van der Waals surface area contributed by atoms with Gasteiger partial charge < -0.3 is 19.9 Å². The molecule has 3 aromatic carbocycles. The SMILES string of the molecule is COc1ccc(C2C(C#N)=C(N)Oc3cc(OC(=O)c4ccccc4)ccc32)cc1. The quantitative estimate of drug-likeness (QED) is 0.524. The highest BCUT2D eigenvalue weighted by Crippen LogP contribution is 2.43. The Morgan fingerprint density at radius 1 is 1.03 bits per heavy atom. The molecule has 0 fully saturated rings. The lowest BCUT2D eigenvalue weighted by molar-refractivity contribution is 0.0734. The summed E-state index contributed by atoms with van der Waals surface area (Å²) >= 11 is 0. The number of carbonyl (C=O) groups excluding carboxylic acids is 1. The maximum Gasteiger partial charge on any atom is 0.343 e. The second kappa shape index (κ2) is 8.02. The summed E-state index contributed by atoms with van der Waals surface area (Å²) in [7, 11) is 1.59.